The number of amides is 3. The fourth-order valence-corrected chi connectivity index (χ4v) is 6.59. The molecular formula is C21H23F3N4O5S2. The molecule has 2 aromatic rings. The summed E-state index contributed by atoms with van der Waals surface area (Å²) in [7, 11) is -3.97. The average Bonchev–Trinajstić information content (AvgIpc) is 3.40. The number of nitrogens with one attached hydrogen (secondary N) is 1. The molecule has 9 nitrogen and oxygen atoms in total. The molecule has 0 bridgehead atoms. The zero-order valence-electron chi connectivity index (χ0n) is 18.4. The second kappa shape index (κ2) is 10.1. The number of sulfonamides is 1. The first-order valence-electron chi connectivity index (χ1n) is 10.7. The van der Waals surface area contributed by atoms with Crippen molar-refractivity contribution in [2.24, 2.45) is 0 Å². The van der Waals surface area contributed by atoms with E-state index in [1.165, 1.54) is 15.9 Å². The number of piperazine rings is 1. The van der Waals surface area contributed by atoms with Crippen LogP contribution in [0.4, 0.5) is 23.7 Å². The summed E-state index contributed by atoms with van der Waals surface area (Å²) in [4.78, 5) is 29.0. The number of ether oxygens (including phenoxy) is 1. The lowest BCUT2D eigenvalue weighted by molar-refractivity contribution is -0.140. The van der Waals surface area contributed by atoms with Gasteiger partial charge >= 0.3 is 12.2 Å². The highest BCUT2D eigenvalue weighted by molar-refractivity contribution is 7.91. The van der Waals surface area contributed by atoms with Crippen molar-refractivity contribution in [2.45, 2.75) is 16.4 Å². The van der Waals surface area contributed by atoms with Gasteiger partial charge in [-0.25, -0.2) is 13.2 Å². The van der Waals surface area contributed by atoms with Crippen LogP contribution in [-0.2, 0) is 25.7 Å². The van der Waals surface area contributed by atoms with Crippen LogP contribution in [0.25, 0.3) is 0 Å². The van der Waals surface area contributed by atoms with Crippen LogP contribution in [0.1, 0.15) is 5.56 Å². The van der Waals surface area contributed by atoms with E-state index in [-0.39, 0.29) is 29.5 Å². The molecule has 14 heteroatoms. The smallest absolute Gasteiger partial charge is 0.378 e. The largest absolute Gasteiger partial charge is 0.416 e. The highest BCUT2D eigenvalue weighted by atomic mass is 32.2. The summed E-state index contributed by atoms with van der Waals surface area (Å²) >= 11 is 1.04. The molecular weight excluding hydrogens is 509 g/mol. The summed E-state index contributed by atoms with van der Waals surface area (Å²) < 4.78 is 71.4. The number of urea groups is 1. The van der Waals surface area contributed by atoms with E-state index < -0.39 is 39.7 Å². The van der Waals surface area contributed by atoms with Crippen LogP contribution >= 0.6 is 11.3 Å². The standard InChI is InChI=1S/C21H23F3N4O5S2/c22-21(23,24)15-3-5-16(6-4-15)25-20(30)27-7-8-28(35(31,32)18-2-1-13-34-18)17(14-27)19(29)26-9-11-33-12-10-26/h1-6,13,17H,7-12,14H2,(H,25,30). The molecule has 1 aromatic carbocycles. The Balaban J connectivity index is 1.53. The molecule has 1 N–H and O–H groups in total. The Morgan fingerprint density at radius 1 is 1.00 bits per heavy atom. The van der Waals surface area contributed by atoms with Crippen molar-refractivity contribution in [1.29, 1.82) is 0 Å². The van der Waals surface area contributed by atoms with E-state index >= 15 is 0 Å². The lowest BCUT2D eigenvalue weighted by Crippen LogP contribution is -2.63. The number of hydrogen-bond acceptors (Lipinski definition) is 6. The number of morpholine rings is 1. The maximum Gasteiger partial charge on any atom is 0.416 e. The molecule has 2 aliphatic rings. The number of hydrogen-bond donors (Lipinski definition) is 1. The van der Waals surface area contributed by atoms with E-state index in [9.17, 15) is 31.2 Å². The lowest BCUT2D eigenvalue weighted by Gasteiger charge is -2.41. The molecule has 1 atom stereocenters. The highest BCUT2D eigenvalue weighted by Gasteiger charge is 2.43. The molecule has 2 aliphatic heterocycles. The second-order valence-corrected chi connectivity index (χ2v) is 11.0. The van der Waals surface area contributed by atoms with E-state index in [1.54, 1.807) is 11.4 Å². The van der Waals surface area contributed by atoms with Gasteiger partial charge in [0.05, 0.1) is 18.8 Å². The predicted molar refractivity (Wildman–Crippen MR) is 121 cm³/mol. The Morgan fingerprint density at radius 3 is 2.29 bits per heavy atom. The molecule has 190 valence electrons. The van der Waals surface area contributed by atoms with Crippen molar-refractivity contribution in [3.05, 3.63) is 47.3 Å². The van der Waals surface area contributed by atoms with Crippen molar-refractivity contribution < 1.29 is 35.9 Å². The number of anilines is 1. The maximum absolute atomic E-state index is 13.3. The third-order valence-corrected chi connectivity index (χ3v) is 9.03. The third-order valence-electron chi connectivity index (χ3n) is 5.75. The molecule has 2 saturated heterocycles. The second-order valence-electron chi connectivity index (χ2n) is 7.95. The van der Waals surface area contributed by atoms with Crippen LogP contribution in [0.5, 0.6) is 0 Å². The summed E-state index contributed by atoms with van der Waals surface area (Å²) in [5.74, 6) is -0.430. The van der Waals surface area contributed by atoms with Crippen LogP contribution in [0.3, 0.4) is 0 Å². The predicted octanol–water partition coefficient (Wildman–Crippen LogP) is 2.53. The van der Waals surface area contributed by atoms with Crippen molar-refractivity contribution >= 4 is 39.0 Å². The summed E-state index contributed by atoms with van der Waals surface area (Å²) in [6.45, 7) is 0.959. The number of nitrogens with zero attached hydrogens (tertiary/aromatic N) is 3. The molecule has 0 radical (unpaired) electrons. The molecule has 0 saturated carbocycles. The number of halogens is 3. The van der Waals surface area contributed by atoms with Gasteiger partial charge in [-0.3, -0.25) is 4.79 Å². The fourth-order valence-electron chi connectivity index (χ4n) is 3.91. The number of alkyl halides is 3. The molecule has 1 aromatic heterocycles. The van der Waals surface area contributed by atoms with Crippen LogP contribution < -0.4 is 5.32 Å². The van der Waals surface area contributed by atoms with Gasteiger partial charge in [-0.1, -0.05) is 6.07 Å². The first-order valence-corrected chi connectivity index (χ1v) is 13.0. The van der Waals surface area contributed by atoms with Gasteiger partial charge in [0.2, 0.25) is 5.91 Å². The first kappa shape index (κ1) is 25.4. The Morgan fingerprint density at radius 2 is 1.69 bits per heavy atom. The number of rotatable bonds is 4. The minimum Gasteiger partial charge on any atom is -0.378 e. The van der Waals surface area contributed by atoms with Gasteiger partial charge in [-0.15, -0.1) is 11.3 Å². The van der Waals surface area contributed by atoms with Crippen molar-refractivity contribution in [3.63, 3.8) is 0 Å². The Hall–Kier alpha value is -2.68. The van der Waals surface area contributed by atoms with Gasteiger partial charge in [0.25, 0.3) is 10.0 Å². The zero-order chi connectivity index (χ0) is 25.2. The maximum atomic E-state index is 13.3. The lowest BCUT2D eigenvalue weighted by atomic mass is 10.1. The van der Waals surface area contributed by atoms with E-state index in [0.29, 0.717) is 26.3 Å². The number of carbonyl (C=O) groups is 2. The summed E-state index contributed by atoms with van der Waals surface area (Å²) in [6.07, 6.45) is -4.50. The first-order chi connectivity index (χ1) is 16.6. The van der Waals surface area contributed by atoms with Gasteiger partial charge < -0.3 is 19.9 Å². The Kier molecular flexibility index (Phi) is 7.35. The van der Waals surface area contributed by atoms with Gasteiger partial charge in [0.1, 0.15) is 10.3 Å². The van der Waals surface area contributed by atoms with Crippen molar-refractivity contribution in [2.75, 3.05) is 51.3 Å². The summed E-state index contributed by atoms with van der Waals surface area (Å²) in [6, 6.07) is 5.25. The molecule has 3 heterocycles. The normalized spacial score (nSPS) is 20.0. The monoisotopic (exact) mass is 532 g/mol. The number of carbonyl (C=O) groups excluding carboxylic acids is 2. The van der Waals surface area contributed by atoms with E-state index in [0.717, 1.165) is 39.9 Å². The summed E-state index contributed by atoms with van der Waals surface area (Å²) in [5, 5.41) is 4.14. The van der Waals surface area contributed by atoms with Gasteiger partial charge in [-0.05, 0) is 35.7 Å². The molecule has 1 unspecified atom stereocenters. The van der Waals surface area contributed by atoms with Gasteiger partial charge in [-0.2, -0.15) is 17.5 Å². The third kappa shape index (κ3) is 5.60. The fraction of sp³-hybridized carbons (Fsp3) is 0.429. The van der Waals surface area contributed by atoms with E-state index in [2.05, 4.69) is 5.32 Å². The summed E-state index contributed by atoms with van der Waals surface area (Å²) in [5.41, 5.74) is -0.702. The highest BCUT2D eigenvalue weighted by Crippen LogP contribution is 2.30. The Bertz CT molecular complexity index is 1150. The van der Waals surface area contributed by atoms with Crippen LogP contribution in [0.15, 0.2) is 46.0 Å². The molecule has 4 rings (SSSR count). The quantitative estimate of drug-likeness (QED) is 0.653. The van der Waals surface area contributed by atoms with Crippen LogP contribution in [0, 0.1) is 0 Å². The molecule has 0 spiro atoms. The molecule has 2 fully saturated rings. The van der Waals surface area contributed by atoms with Crippen LogP contribution in [0.2, 0.25) is 0 Å². The van der Waals surface area contributed by atoms with Crippen LogP contribution in [-0.4, -0.2) is 86.4 Å². The van der Waals surface area contributed by atoms with Gasteiger partial charge in [0, 0.05) is 38.4 Å². The molecule has 0 aliphatic carbocycles. The molecule has 35 heavy (non-hydrogen) atoms. The molecule has 3 amide bonds. The minimum absolute atomic E-state index is 0.00393. The van der Waals surface area contributed by atoms with E-state index in [4.69, 9.17) is 4.74 Å². The zero-order valence-corrected chi connectivity index (χ0v) is 20.0. The number of benzene rings is 1. The van der Waals surface area contributed by atoms with Crippen molar-refractivity contribution in [3.8, 4) is 0 Å². The van der Waals surface area contributed by atoms with E-state index in [1.807, 2.05) is 0 Å². The van der Waals surface area contributed by atoms with Gasteiger partial charge in [0.15, 0.2) is 0 Å². The van der Waals surface area contributed by atoms with Crippen molar-refractivity contribution in [1.82, 2.24) is 14.1 Å². The minimum atomic E-state index is -4.50. The Labute approximate surface area is 204 Å². The SMILES string of the molecule is O=C(Nc1ccc(C(F)(F)F)cc1)N1CCN(S(=O)(=O)c2cccs2)C(C(=O)N2CCOCC2)C1. The number of thiophene rings is 1. The average molecular weight is 533 g/mol. The topological polar surface area (TPSA) is 99.3 Å².